The van der Waals surface area contributed by atoms with E-state index >= 15 is 0 Å². The Morgan fingerprint density at radius 1 is 1.71 bits per heavy atom. The van der Waals surface area contributed by atoms with E-state index in [1.807, 2.05) is 19.9 Å². The number of aromatic nitrogens is 1. The summed E-state index contributed by atoms with van der Waals surface area (Å²) in [5, 5.41) is 18.6. The average Bonchev–Trinajstić information content (AvgIpc) is 2.18. The summed E-state index contributed by atoms with van der Waals surface area (Å²) in [4.78, 5) is 4.13. The van der Waals surface area contributed by atoms with Gasteiger partial charge in [-0.15, -0.1) is 0 Å². The number of aryl methyl sites for hydroxylation is 1. The van der Waals surface area contributed by atoms with E-state index in [-0.39, 0.29) is 11.9 Å². The molecule has 0 spiro atoms. The number of pyridine rings is 1. The molecular formula is C10H12N2OS. The van der Waals surface area contributed by atoms with Crippen LogP contribution in [0.2, 0.25) is 0 Å². The van der Waals surface area contributed by atoms with Gasteiger partial charge >= 0.3 is 0 Å². The Hall–Kier alpha value is -1.05. The lowest BCUT2D eigenvalue weighted by atomic mass is 10.2. The topological polar surface area (TPSA) is 56.9 Å². The van der Waals surface area contributed by atoms with Crippen molar-refractivity contribution in [2.45, 2.75) is 24.1 Å². The van der Waals surface area contributed by atoms with Gasteiger partial charge in [-0.2, -0.15) is 5.26 Å². The van der Waals surface area contributed by atoms with Gasteiger partial charge in [0.1, 0.15) is 11.1 Å². The Morgan fingerprint density at radius 3 is 3.00 bits per heavy atom. The van der Waals surface area contributed by atoms with E-state index in [0.717, 1.165) is 5.56 Å². The molecule has 0 amide bonds. The third kappa shape index (κ3) is 2.47. The van der Waals surface area contributed by atoms with Gasteiger partial charge in [0, 0.05) is 11.4 Å². The summed E-state index contributed by atoms with van der Waals surface area (Å²) < 4.78 is 0. The number of thioether (sulfide) groups is 1. The molecule has 1 unspecified atom stereocenters. The molecule has 0 fully saturated rings. The molecule has 4 heteroatoms. The minimum atomic E-state index is 0.0661. The largest absolute Gasteiger partial charge is 0.395 e. The van der Waals surface area contributed by atoms with Crippen LogP contribution in [0.5, 0.6) is 0 Å². The lowest BCUT2D eigenvalue weighted by Crippen LogP contribution is -2.03. The maximum Gasteiger partial charge on any atom is 0.114 e. The number of aliphatic hydroxyl groups excluding tert-OH is 1. The van der Waals surface area contributed by atoms with E-state index in [2.05, 4.69) is 11.1 Å². The lowest BCUT2D eigenvalue weighted by Gasteiger charge is -2.08. The smallest absolute Gasteiger partial charge is 0.114 e. The van der Waals surface area contributed by atoms with Gasteiger partial charge in [-0.3, -0.25) is 0 Å². The molecule has 0 aliphatic carbocycles. The van der Waals surface area contributed by atoms with Crippen LogP contribution in [0.1, 0.15) is 18.1 Å². The fourth-order valence-electron chi connectivity index (χ4n) is 0.987. The molecule has 3 nitrogen and oxygen atoms in total. The second kappa shape index (κ2) is 4.99. The fourth-order valence-corrected chi connectivity index (χ4v) is 1.89. The van der Waals surface area contributed by atoms with Crippen molar-refractivity contribution in [2.24, 2.45) is 0 Å². The number of hydrogen-bond acceptors (Lipinski definition) is 4. The molecular weight excluding hydrogens is 196 g/mol. The lowest BCUT2D eigenvalue weighted by molar-refractivity contribution is 0.300. The van der Waals surface area contributed by atoms with Gasteiger partial charge in [0.15, 0.2) is 0 Å². The Labute approximate surface area is 87.8 Å². The first-order chi connectivity index (χ1) is 6.69. The van der Waals surface area contributed by atoms with Gasteiger partial charge < -0.3 is 5.11 Å². The molecule has 0 aliphatic heterocycles. The summed E-state index contributed by atoms with van der Waals surface area (Å²) in [6.07, 6.45) is 1.68. The Bertz CT molecular complexity index is 360. The quantitative estimate of drug-likeness (QED) is 0.769. The van der Waals surface area contributed by atoms with Crippen LogP contribution in [0.3, 0.4) is 0 Å². The molecule has 1 N–H and O–H groups in total. The molecule has 0 aromatic carbocycles. The maximum absolute atomic E-state index is 8.92. The molecule has 74 valence electrons. The van der Waals surface area contributed by atoms with Crippen molar-refractivity contribution < 1.29 is 5.11 Å². The van der Waals surface area contributed by atoms with Crippen molar-refractivity contribution in [2.75, 3.05) is 6.61 Å². The zero-order chi connectivity index (χ0) is 10.6. The third-order valence-corrected chi connectivity index (χ3v) is 2.89. The summed E-state index contributed by atoms with van der Waals surface area (Å²) in [7, 11) is 0. The highest BCUT2D eigenvalue weighted by molar-refractivity contribution is 7.99. The van der Waals surface area contributed by atoms with E-state index in [0.29, 0.717) is 10.6 Å². The van der Waals surface area contributed by atoms with Crippen LogP contribution < -0.4 is 0 Å². The summed E-state index contributed by atoms with van der Waals surface area (Å²) in [6.45, 7) is 3.87. The fraction of sp³-hybridized carbons (Fsp3) is 0.400. The standard InChI is InChI=1S/C10H12N2OS/c1-7-3-4-12-10(9(7)5-11)14-8(2)6-13/h3-4,8,13H,6H2,1-2H3. The van der Waals surface area contributed by atoms with E-state index in [4.69, 9.17) is 10.4 Å². The van der Waals surface area contributed by atoms with E-state index in [1.165, 1.54) is 11.8 Å². The molecule has 1 aromatic rings. The van der Waals surface area contributed by atoms with Gasteiger partial charge in [0.25, 0.3) is 0 Å². The highest BCUT2D eigenvalue weighted by Gasteiger charge is 2.10. The van der Waals surface area contributed by atoms with Crippen LogP contribution >= 0.6 is 11.8 Å². The molecule has 1 heterocycles. The zero-order valence-electron chi connectivity index (χ0n) is 8.19. The number of nitrogens with zero attached hydrogens (tertiary/aromatic N) is 2. The van der Waals surface area contributed by atoms with Crippen molar-refractivity contribution >= 4 is 11.8 Å². The molecule has 0 bridgehead atoms. The second-order valence-corrected chi connectivity index (χ2v) is 4.46. The summed E-state index contributed by atoms with van der Waals surface area (Å²) in [5.74, 6) is 0. The molecule has 0 saturated heterocycles. The molecule has 1 aromatic heterocycles. The Kier molecular flexibility index (Phi) is 3.93. The summed E-state index contributed by atoms with van der Waals surface area (Å²) >= 11 is 1.43. The summed E-state index contributed by atoms with van der Waals surface area (Å²) in [5.41, 5.74) is 1.54. The van der Waals surface area contributed by atoms with Crippen molar-refractivity contribution in [3.63, 3.8) is 0 Å². The number of rotatable bonds is 3. The third-order valence-electron chi connectivity index (χ3n) is 1.81. The monoisotopic (exact) mass is 208 g/mol. The number of nitriles is 1. The number of aliphatic hydroxyl groups is 1. The van der Waals surface area contributed by atoms with Gasteiger partial charge in [-0.25, -0.2) is 4.98 Å². The first-order valence-electron chi connectivity index (χ1n) is 4.32. The van der Waals surface area contributed by atoms with Crippen molar-refractivity contribution in [1.82, 2.24) is 4.98 Å². The van der Waals surface area contributed by atoms with Gasteiger partial charge in [-0.05, 0) is 18.6 Å². The highest BCUT2D eigenvalue weighted by atomic mass is 32.2. The van der Waals surface area contributed by atoms with Crippen LogP contribution in [-0.2, 0) is 0 Å². The van der Waals surface area contributed by atoms with Crippen LogP contribution in [0.15, 0.2) is 17.3 Å². The molecule has 14 heavy (non-hydrogen) atoms. The predicted molar refractivity (Wildman–Crippen MR) is 56.1 cm³/mol. The summed E-state index contributed by atoms with van der Waals surface area (Å²) in [6, 6.07) is 3.94. The second-order valence-electron chi connectivity index (χ2n) is 3.03. The van der Waals surface area contributed by atoms with E-state index in [9.17, 15) is 0 Å². The average molecular weight is 208 g/mol. The van der Waals surface area contributed by atoms with Crippen LogP contribution in [0.25, 0.3) is 0 Å². The molecule has 1 atom stereocenters. The SMILES string of the molecule is Cc1ccnc(SC(C)CO)c1C#N. The molecule has 0 saturated carbocycles. The first-order valence-corrected chi connectivity index (χ1v) is 5.20. The van der Waals surface area contributed by atoms with E-state index in [1.54, 1.807) is 6.20 Å². The highest BCUT2D eigenvalue weighted by Crippen LogP contribution is 2.25. The maximum atomic E-state index is 8.92. The van der Waals surface area contributed by atoms with Crippen molar-refractivity contribution in [3.8, 4) is 6.07 Å². The van der Waals surface area contributed by atoms with Crippen LogP contribution in [-0.4, -0.2) is 21.9 Å². The van der Waals surface area contributed by atoms with Crippen LogP contribution in [0.4, 0.5) is 0 Å². The van der Waals surface area contributed by atoms with Gasteiger partial charge in [0.2, 0.25) is 0 Å². The van der Waals surface area contributed by atoms with Crippen molar-refractivity contribution in [1.29, 1.82) is 5.26 Å². The minimum absolute atomic E-state index is 0.0661. The Balaban J connectivity index is 2.98. The molecule has 0 radical (unpaired) electrons. The van der Waals surface area contributed by atoms with Crippen LogP contribution in [0, 0.1) is 18.3 Å². The first kappa shape index (κ1) is 11.0. The molecule has 1 rings (SSSR count). The van der Waals surface area contributed by atoms with Gasteiger partial charge in [-0.1, -0.05) is 18.7 Å². The van der Waals surface area contributed by atoms with E-state index < -0.39 is 0 Å². The van der Waals surface area contributed by atoms with Gasteiger partial charge in [0.05, 0.1) is 12.2 Å². The number of hydrogen-bond donors (Lipinski definition) is 1. The predicted octanol–water partition coefficient (Wildman–Crippen LogP) is 1.73. The minimum Gasteiger partial charge on any atom is -0.395 e. The Morgan fingerprint density at radius 2 is 2.43 bits per heavy atom. The molecule has 0 aliphatic rings. The normalized spacial score (nSPS) is 12.1. The van der Waals surface area contributed by atoms with Crippen molar-refractivity contribution in [3.05, 3.63) is 23.4 Å². The zero-order valence-corrected chi connectivity index (χ0v) is 9.01.